The summed E-state index contributed by atoms with van der Waals surface area (Å²) in [6, 6.07) is 15.1. The van der Waals surface area contributed by atoms with Crippen LogP contribution in [-0.2, 0) is 0 Å². The van der Waals surface area contributed by atoms with Crippen LogP contribution >= 0.6 is 11.8 Å². The predicted molar refractivity (Wildman–Crippen MR) is 62.0 cm³/mol. The van der Waals surface area contributed by atoms with Crippen molar-refractivity contribution in [3.8, 4) is 5.75 Å². The molecule has 2 aromatic rings. The van der Waals surface area contributed by atoms with Crippen LogP contribution in [0, 0.1) is 0 Å². The van der Waals surface area contributed by atoms with Crippen LogP contribution in [0.4, 0.5) is 0 Å². The van der Waals surface area contributed by atoms with Crippen LogP contribution in [-0.4, -0.2) is 5.97 Å². The zero-order valence-corrected chi connectivity index (χ0v) is 9.16. The van der Waals surface area contributed by atoms with Crippen molar-refractivity contribution in [3.05, 3.63) is 54.1 Å². The van der Waals surface area contributed by atoms with Crippen molar-refractivity contribution in [3.63, 3.8) is 0 Å². The van der Waals surface area contributed by atoms with Gasteiger partial charge in [-0.3, -0.25) is 0 Å². The number of carbonyl (C=O) groups excluding carboxylic acids is 1. The molecule has 2 aromatic carbocycles. The van der Waals surface area contributed by atoms with E-state index in [1.807, 2.05) is 42.5 Å². The second kappa shape index (κ2) is 3.68. The van der Waals surface area contributed by atoms with E-state index in [0.29, 0.717) is 11.3 Å². The summed E-state index contributed by atoms with van der Waals surface area (Å²) in [7, 11) is 0. The van der Waals surface area contributed by atoms with Gasteiger partial charge in [0.05, 0.1) is 10.5 Å². The van der Waals surface area contributed by atoms with E-state index < -0.39 is 0 Å². The lowest BCUT2D eigenvalue weighted by Gasteiger charge is -2.02. The Hall–Kier alpha value is -1.74. The normalized spacial score (nSPS) is 13.4. The van der Waals surface area contributed by atoms with Crippen LogP contribution in [0.1, 0.15) is 10.4 Å². The Morgan fingerprint density at radius 2 is 1.56 bits per heavy atom. The van der Waals surface area contributed by atoms with Gasteiger partial charge < -0.3 is 4.74 Å². The number of esters is 1. The molecule has 0 atom stereocenters. The van der Waals surface area contributed by atoms with E-state index in [9.17, 15) is 4.79 Å². The summed E-state index contributed by atoms with van der Waals surface area (Å²) in [4.78, 5) is 13.7. The summed E-state index contributed by atoms with van der Waals surface area (Å²) in [5, 5.41) is 0. The number of fused-ring (bicyclic) bond motifs is 2. The Morgan fingerprint density at radius 3 is 2.44 bits per heavy atom. The van der Waals surface area contributed by atoms with Crippen LogP contribution in [0.25, 0.3) is 0 Å². The number of hydrogen-bond acceptors (Lipinski definition) is 3. The van der Waals surface area contributed by atoms with E-state index in [2.05, 4.69) is 0 Å². The predicted octanol–water partition coefficient (Wildman–Crippen LogP) is 3.37. The topological polar surface area (TPSA) is 26.3 Å². The minimum absolute atomic E-state index is 0.284. The van der Waals surface area contributed by atoms with E-state index in [-0.39, 0.29) is 5.97 Å². The van der Waals surface area contributed by atoms with Crippen molar-refractivity contribution in [1.82, 2.24) is 0 Å². The zero-order chi connectivity index (χ0) is 11.0. The highest BCUT2D eigenvalue weighted by atomic mass is 32.2. The van der Waals surface area contributed by atoms with Crippen LogP contribution in [0.5, 0.6) is 5.75 Å². The molecule has 0 fully saturated rings. The fourth-order valence-corrected chi connectivity index (χ4v) is 2.62. The first-order valence-corrected chi connectivity index (χ1v) is 5.74. The SMILES string of the molecule is O=C1Oc2ccccc2Sc2ccccc21. The molecule has 0 radical (unpaired) electrons. The van der Waals surface area contributed by atoms with Gasteiger partial charge in [0.1, 0.15) is 5.75 Å². The van der Waals surface area contributed by atoms with Crippen molar-refractivity contribution >= 4 is 17.7 Å². The molecule has 1 heterocycles. The van der Waals surface area contributed by atoms with Gasteiger partial charge in [0, 0.05) is 4.90 Å². The van der Waals surface area contributed by atoms with Crippen LogP contribution in [0.15, 0.2) is 58.3 Å². The second-order valence-electron chi connectivity index (χ2n) is 3.43. The molecule has 2 nitrogen and oxygen atoms in total. The van der Waals surface area contributed by atoms with Gasteiger partial charge >= 0.3 is 5.97 Å². The molecule has 0 spiro atoms. The summed E-state index contributed by atoms with van der Waals surface area (Å²) in [6.07, 6.45) is 0. The smallest absolute Gasteiger partial charge is 0.344 e. The van der Waals surface area contributed by atoms with Crippen molar-refractivity contribution in [1.29, 1.82) is 0 Å². The van der Waals surface area contributed by atoms with Gasteiger partial charge in [0.2, 0.25) is 0 Å². The monoisotopic (exact) mass is 228 g/mol. The molecule has 0 amide bonds. The summed E-state index contributed by atoms with van der Waals surface area (Å²) in [5.74, 6) is 0.349. The number of ether oxygens (including phenoxy) is 1. The average molecular weight is 228 g/mol. The van der Waals surface area contributed by atoms with Gasteiger partial charge in [-0.1, -0.05) is 36.0 Å². The Labute approximate surface area is 97.2 Å². The third-order valence-corrected chi connectivity index (χ3v) is 3.51. The van der Waals surface area contributed by atoms with Gasteiger partial charge in [0.25, 0.3) is 0 Å². The number of benzene rings is 2. The lowest BCUT2D eigenvalue weighted by Crippen LogP contribution is -2.07. The molecular formula is C13H8O2S. The molecule has 1 aliphatic heterocycles. The first-order chi connectivity index (χ1) is 7.84. The molecule has 3 rings (SSSR count). The third kappa shape index (κ3) is 1.49. The molecule has 0 saturated carbocycles. The number of hydrogen-bond donors (Lipinski definition) is 0. The molecule has 0 bridgehead atoms. The van der Waals surface area contributed by atoms with Crippen LogP contribution in [0.2, 0.25) is 0 Å². The Morgan fingerprint density at radius 1 is 0.875 bits per heavy atom. The molecule has 0 N–H and O–H groups in total. The molecule has 0 saturated heterocycles. The second-order valence-corrected chi connectivity index (χ2v) is 4.52. The molecule has 0 unspecified atom stereocenters. The van der Waals surface area contributed by atoms with E-state index in [4.69, 9.17) is 4.74 Å². The van der Waals surface area contributed by atoms with E-state index >= 15 is 0 Å². The van der Waals surface area contributed by atoms with E-state index in [1.54, 1.807) is 17.8 Å². The summed E-state index contributed by atoms with van der Waals surface area (Å²) >= 11 is 1.56. The number of carbonyl (C=O) groups is 1. The zero-order valence-electron chi connectivity index (χ0n) is 8.34. The summed E-state index contributed by atoms with van der Waals surface area (Å²) in [5.41, 5.74) is 0.628. The van der Waals surface area contributed by atoms with E-state index in [0.717, 1.165) is 9.79 Å². The molecule has 78 valence electrons. The molecule has 1 aliphatic rings. The quantitative estimate of drug-likeness (QED) is 0.511. The van der Waals surface area contributed by atoms with Crippen molar-refractivity contribution in [2.24, 2.45) is 0 Å². The summed E-state index contributed by atoms with van der Waals surface area (Å²) < 4.78 is 5.32. The molecule has 0 aromatic heterocycles. The number of rotatable bonds is 0. The maximum atomic E-state index is 11.8. The Bertz CT molecular complexity index is 563. The fourth-order valence-electron chi connectivity index (χ4n) is 1.62. The fraction of sp³-hybridized carbons (Fsp3) is 0. The van der Waals surface area contributed by atoms with Crippen LogP contribution in [0.3, 0.4) is 0 Å². The van der Waals surface area contributed by atoms with Gasteiger partial charge in [-0.25, -0.2) is 4.79 Å². The van der Waals surface area contributed by atoms with Gasteiger partial charge in [-0.15, -0.1) is 0 Å². The highest BCUT2D eigenvalue weighted by Crippen LogP contribution is 2.39. The molecule has 3 heteroatoms. The first kappa shape index (κ1) is 9.48. The van der Waals surface area contributed by atoms with Crippen molar-refractivity contribution in [2.45, 2.75) is 9.79 Å². The maximum absolute atomic E-state index is 11.8. The lowest BCUT2D eigenvalue weighted by atomic mass is 10.2. The summed E-state index contributed by atoms with van der Waals surface area (Å²) in [6.45, 7) is 0. The molecular weight excluding hydrogens is 220 g/mol. The Balaban J connectivity index is 2.18. The van der Waals surface area contributed by atoms with Crippen molar-refractivity contribution in [2.75, 3.05) is 0 Å². The van der Waals surface area contributed by atoms with Crippen LogP contribution < -0.4 is 4.74 Å². The standard InChI is InChI=1S/C13H8O2S/c14-13-9-5-1-3-7-11(9)16-12-8-4-2-6-10(12)15-13/h1-8H. The van der Waals surface area contributed by atoms with E-state index in [1.165, 1.54) is 0 Å². The minimum atomic E-state index is -0.284. The Kier molecular flexibility index (Phi) is 2.18. The van der Waals surface area contributed by atoms with Gasteiger partial charge in [-0.05, 0) is 24.3 Å². The largest absolute Gasteiger partial charge is 0.422 e. The highest BCUT2D eigenvalue weighted by Gasteiger charge is 2.20. The lowest BCUT2D eigenvalue weighted by molar-refractivity contribution is 0.0728. The molecule has 16 heavy (non-hydrogen) atoms. The average Bonchev–Trinajstić information content (AvgIpc) is 2.45. The first-order valence-electron chi connectivity index (χ1n) is 4.93. The van der Waals surface area contributed by atoms with Crippen molar-refractivity contribution < 1.29 is 9.53 Å². The van der Waals surface area contributed by atoms with Gasteiger partial charge in [-0.2, -0.15) is 0 Å². The molecule has 0 aliphatic carbocycles. The highest BCUT2D eigenvalue weighted by molar-refractivity contribution is 7.99. The maximum Gasteiger partial charge on any atom is 0.344 e. The minimum Gasteiger partial charge on any atom is -0.422 e. The number of para-hydroxylation sites is 1. The van der Waals surface area contributed by atoms with Gasteiger partial charge in [0.15, 0.2) is 0 Å². The third-order valence-electron chi connectivity index (χ3n) is 2.38.